The van der Waals surface area contributed by atoms with Crippen molar-refractivity contribution in [3.8, 4) is 6.07 Å². The van der Waals surface area contributed by atoms with Crippen LogP contribution in [0, 0.1) is 11.3 Å². The van der Waals surface area contributed by atoms with Crippen molar-refractivity contribution in [2.75, 3.05) is 32.7 Å². The second kappa shape index (κ2) is 9.12. The molecular weight excluding hydrogens is 376 g/mol. The summed E-state index contributed by atoms with van der Waals surface area (Å²) >= 11 is 0. The molecule has 30 heavy (non-hydrogen) atoms. The van der Waals surface area contributed by atoms with Crippen LogP contribution in [0.5, 0.6) is 0 Å². The first-order valence-corrected chi connectivity index (χ1v) is 10.3. The van der Waals surface area contributed by atoms with Crippen LogP contribution in [0.25, 0.3) is 11.0 Å². The molecule has 6 nitrogen and oxygen atoms in total. The number of nitrogens with zero attached hydrogens (tertiary/aromatic N) is 3. The lowest BCUT2D eigenvalue weighted by atomic mass is 10.1. The predicted octanol–water partition coefficient (Wildman–Crippen LogP) is 3.30. The summed E-state index contributed by atoms with van der Waals surface area (Å²) in [5.41, 5.74) is 2.73. The zero-order chi connectivity index (χ0) is 20.9. The number of para-hydroxylation sites is 1. The number of furan rings is 1. The molecule has 154 valence electrons. The third kappa shape index (κ3) is 4.88. The number of benzene rings is 2. The molecule has 0 spiro atoms. The van der Waals surface area contributed by atoms with Crippen molar-refractivity contribution in [2.45, 2.75) is 19.5 Å². The molecule has 2 aromatic carbocycles. The van der Waals surface area contributed by atoms with E-state index in [4.69, 9.17) is 9.68 Å². The largest absolute Gasteiger partial charge is 0.459 e. The van der Waals surface area contributed by atoms with E-state index in [1.54, 1.807) is 0 Å². The van der Waals surface area contributed by atoms with E-state index in [0.29, 0.717) is 12.1 Å². The maximum absolute atomic E-state index is 12.5. The van der Waals surface area contributed by atoms with Gasteiger partial charge < -0.3 is 9.73 Å². The molecule has 0 bridgehead atoms. The van der Waals surface area contributed by atoms with Gasteiger partial charge in [0.05, 0.1) is 24.2 Å². The van der Waals surface area contributed by atoms with Crippen molar-refractivity contribution in [3.63, 3.8) is 0 Å². The molecule has 1 amide bonds. The lowest BCUT2D eigenvalue weighted by Gasteiger charge is -2.34. The highest BCUT2D eigenvalue weighted by molar-refractivity contribution is 5.80. The number of nitriles is 1. The SMILES string of the molecule is CC(NC(=O)CN1CCN(Cc2ccc(C#N)cc2)CC1)c1cc2ccccc2o1. The van der Waals surface area contributed by atoms with Gasteiger partial charge in [0.15, 0.2) is 0 Å². The average molecular weight is 402 g/mol. The molecular formula is C24H26N4O2. The molecule has 1 unspecified atom stereocenters. The molecule has 2 heterocycles. The fraction of sp³-hybridized carbons (Fsp3) is 0.333. The molecule has 0 saturated carbocycles. The molecule has 0 radical (unpaired) electrons. The highest BCUT2D eigenvalue weighted by Gasteiger charge is 2.21. The Morgan fingerprint density at radius 3 is 2.50 bits per heavy atom. The van der Waals surface area contributed by atoms with E-state index in [-0.39, 0.29) is 11.9 Å². The van der Waals surface area contributed by atoms with Gasteiger partial charge in [-0.2, -0.15) is 5.26 Å². The van der Waals surface area contributed by atoms with Crippen molar-refractivity contribution in [1.82, 2.24) is 15.1 Å². The number of carbonyl (C=O) groups excluding carboxylic acids is 1. The zero-order valence-corrected chi connectivity index (χ0v) is 17.2. The summed E-state index contributed by atoms with van der Waals surface area (Å²) < 4.78 is 5.85. The Balaban J connectivity index is 1.23. The third-order valence-electron chi connectivity index (χ3n) is 5.57. The minimum Gasteiger partial charge on any atom is -0.459 e. The number of hydrogen-bond acceptors (Lipinski definition) is 5. The monoisotopic (exact) mass is 402 g/mol. The molecule has 0 aliphatic carbocycles. The van der Waals surface area contributed by atoms with Crippen LogP contribution >= 0.6 is 0 Å². The van der Waals surface area contributed by atoms with Gasteiger partial charge in [0.2, 0.25) is 5.91 Å². The van der Waals surface area contributed by atoms with Gasteiger partial charge in [-0.05, 0) is 36.8 Å². The van der Waals surface area contributed by atoms with Crippen LogP contribution in [0.4, 0.5) is 0 Å². The third-order valence-corrected chi connectivity index (χ3v) is 5.57. The summed E-state index contributed by atoms with van der Waals surface area (Å²) in [6.45, 7) is 6.79. The van der Waals surface area contributed by atoms with Crippen LogP contribution in [-0.4, -0.2) is 48.4 Å². The molecule has 3 aromatic rings. The Morgan fingerprint density at radius 1 is 1.10 bits per heavy atom. The number of nitrogens with one attached hydrogen (secondary N) is 1. The Morgan fingerprint density at radius 2 is 1.80 bits per heavy atom. The van der Waals surface area contributed by atoms with E-state index < -0.39 is 0 Å². The minimum atomic E-state index is -0.164. The maximum Gasteiger partial charge on any atom is 0.234 e. The molecule has 1 fully saturated rings. The topological polar surface area (TPSA) is 72.5 Å². The van der Waals surface area contributed by atoms with Gasteiger partial charge in [0.25, 0.3) is 0 Å². The number of fused-ring (bicyclic) bond motifs is 1. The highest BCUT2D eigenvalue weighted by atomic mass is 16.3. The summed E-state index contributed by atoms with van der Waals surface area (Å²) in [5, 5.41) is 13.0. The summed E-state index contributed by atoms with van der Waals surface area (Å²) in [6, 6.07) is 19.6. The van der Waals surface area contributed by atoms with Crippen LogP contribution < -0.4 is 5.32 Å². The summed E-state index contributed by atoms with van der Waals surface area (Å²) in [5.74, 6) is 0.792. The van der Waals surface area contributed by atoms with Crippen molar-refractivity contribution in [3.05, 3.63) is 71.5 Å². The normalized spacial score (nSPS) is 16.3. The first-order chi connectivity index (χ1) is 14.6. The van der Waals surface area contributed by atoms with Gasteiger partial charge in [0.1, 0.15) is 11.3 Å². The Labute approximate surface area is 176 Å². The van der Waals surface area contributed by atoms with Crippen LogP contribution in [-0.2, 0) is 11.3 Å². The molecule has 4 rings (SSSR count). The van der Waals surface area contributed by atoms with Crippen LogP contribution in [0.2, 0.25) is 0 Å². The summed E-state index contributed by atoms with van der Waals surface area (Å²) in [7, 11) is 0. The Bertz CT molecular complexity index is 1010. The summed E-state index contributed by atoms with van der Waals surface area (Å²) in [4.78, 5) is 17.1. The van der Waals surface area contributed by atoms with Gasteiger partial charge in [0, 0.05) is 38.1 Å². The predicted molar refractivity (Wildman–Crippen MR) is 116 cm³/mol. The van der Waals surface area contributed by atoms with Crippen LogP contribution in [0.1, 0.15) is 29.9 Å². The van der Waals surface area contributed by atoms with Gasteiger partial charge in [-0.15, -0.1) is 0 Å². The second-order valence-corrected chi connectivity index (χ2v) is 7.84. The lowest BCUT2D eigenvalue weighted by Crippen LogP contribution is -2.49. The highest BCUT2D eigenvalue weighted by Crippen LogP contribution is 2.23. The van der Waals surface area contributed by atoms with E-state index in [9.17, 15) is 4.79 Å². The maximum atomic E-state index is 12.5. The molecule has 1 saturated heterocycles. The number of rotatable bonds is 6. The Hall–Kier alpha value is -3.14. The van der Waals surface area contributed by atoms with E-state index in [0.717, 1.165) is 49.5 Å². The molecule has 1 aliphatic rings. The number of carbonyl (C=O) groups is 1. The first kappa shape index (κ1) is 20.1. The zero-order valence-electron chi connectivity index (χ0n) is 17.2. The van der Waals surface area contributed by atoms with Crippen molar-refractivity contribution < 1.29 is 9.21 Å². The van der Waals surface area contributed by atoms with E-state index >= 15 is 0 Å². The van der Waals surface area contributed by atoms with Crippen molar-refractivity contribution in [1.29, 1.82) is 5.26 Å². The first-order valence-electron chi connectivity index (χ1n) is 10.3. The fourth-order valence-electron chi connectivity index (χ4n) is 3.83. The van der Waals surface area contributed by atoms with Crippen molar-refractivity contribution in [2.24, 2.45) is 0 Å². The minimum absolute atomic E-state index is 0.0171. The average Bonchev–Trinajstić information content (AvgIpc) is 3.20. The van der Waals surface area contributed by atoms with Gasteiger partial charge >= 0.3 is 0 Å². The summed E-state index contributed by atoms with van der Waals surface area (Å²) in [6.07, 6.45) is 0. The van der Waals surface area contributed by atoms with Gasteiger partial charge in [-0.1, -0.05) is 30.3 Å². The number of piperazine rings is 1. The second-order valence-electron chi connectivity index (χ2n) is 7.84. The van der Waals surface area contributed by atoms with E-state index in [1.807, 2.05) is 61.5 Å². The molecule has 1 aliphatic heterocycles. The molecule has 1 aromatic heterocycles. The number of hydrogen-bond donors (Lipinski definition) is 1. The lowest BCUT2D eigenvalue weighted by molar-refractivity contribution is -0.123. The van der Waals surface area contributed by atoms with Crippen LogP contribution in [0.3, 0.4) is 0 Å². The van der Waals surface area contributed by atoms with Gasteiger partial charge in [-0.3, -0.25) is 14.6 Å². The number of amides is 1. The van der Waals surface area contributed by atoms with Crippen molar-refractivity contribution >= 4 is 16.9 Å². The molecule has 1 N–H and O–H groups in total. The van der Waals surface area contributed by atoms with E-state index in [1.165, 1.54) is 5.56 Å². The smallest absolute Gasteiger partial charge is 0.234 e. The van der Waals surface area contributed by atoms with Crippen LogP contribution in [0.15, 0.2) is 59.0 Å². The Kier molecular flexibility index (Phi) is 6.12. The quantitative estimate of drug-likeness (QED) is 0.685. The van der Waals surface area contributed by atoms with E-state index in [2.05, 4.69) is 21.2 Å². The fourth-order valence-corrected chi connectivity index (χ4v) is 3.83. The molecule has 1 atom stereocenters. The van der Waals surface area contributed by atoms with Gasteiger partial charge in [-0.25, -0.2) is 0 Å². The molecule has 6 heteroatoms. The standard InChI is InChI=1S/C24H26N4O2/c1-18(23-14-21-4-2-3-5-22(21)30-23)26-24(29)17-28-12-10-27(11-13-28)16-20-8-6-19(15-25)7-9-20/h2-9,14,18H,10-13,16-17H2,1H3,(H,26,29).